The van der Waals surface area contributed by atoms with Gasteiger partial charge in [0, 0.05) is 30.4 Å². The van der Waals surface area contributed by atoms with Crippen LogP contribution in [0.5, 0.6) is 0 Å². The normalized spacial score (nSPS) is 27.8. The minimum absolute atomic E-state index is 0.110. The van der Waals surface area contributed by atoms with E-state index in [1.54, 1.807) is 0 Å². The molecule has 3 fully saturated rings. The average molecular weight is 291 g/mol. The molecule has 2 saturated carbocycles. The maximum atomic E-state index is 13.2. The van der Waals surface area contributed by atoms with Gasteiger partial charge in [0.05, 0.1) is 0 Å². The molecular weight excluding hydrogens is 260 g/mol. The van der Waals surface area contributed by atoms with E-state index >= 15 is 0 Å². The minimum atomic E-state index is -2.38. The fourth-order valence-electron chi connectivity index (χ4n) is 3.08. The standard InChI is InChI=1S/C12H19F2NO.2C2H6/c13-12(14)7-11(12)3-5-15(6-4-11)8-10(9-16)1-2-10;2*1-2/h16H,1-9H2;2*1-2H3. The van der Waals surface area contributed by atoms with Crippen LogP contribution >= 0.6 is 0 Å². The SMILES string of the molecule is CC.CC.OCC1(CN2CCC3(CC2)CC3(F)F)CC1. The predicted molar refractivity (Wildman–Crippen MR) is 79.1 cm³/mol. The number of aliphatic hydroxyl groups is 1. The first-order valence-electron chi connectivity index (χ1n) is 8.22. The number of aliphatic hydroxyl groups excluding tert-OH is 1. The third-order valence-corrected chi connectivity index (χ3v) is 4.88. The van der Waals surface area contributed by atoms with Crippen molar-refractivity contribution in [3.8, 4) is 0 Å². The molecule has 0 amide bonds. The summed E-state index contributed by atoms with van der Waals surface area (Å²) in [4.78, 5) is 2.27. The predicted octanol–water partition coefficient (Wildman–Crippen LogP) is 3.93. The first-order chi connectivity index (χ1) is 9.51. The highest BCUT2D eigenvalue weighted by Gasteiger charge is 2.70. The van der Waals surface area contributed by atoms with Gasteiger partial charge in [-0.1, -0.05) is 27.7 Å². The highest BCUT2D eigenvalue weighted by molar-refractivity contribution is 5.12. The summed E-state index contributed by atoms with van der Waals surface area (Å²) in [5, 5.41) is 9.24. The molecule has 120 valence electrons. The van der Waals surface area contributed by atoms with Crippen molar-refractivity contribution in [1.82, 2.24) is 4.90 Å². The monoisotopic (exact) mass is 291 g/mol. The molecule has 1 spiro atoms. The number of rotatable bonds is 3. The molecule has 0 bridgehead atoms. The van der Waals surface area contributed by atoms with Crippen LogP contribution in [0.1, 0.15) is 59.8 Å². The summed E-state index contributed by atoms with van der Waals surface area (Å²) >= 11 is 0. The van der Waals surface area contributed by atoms with E-state index in [1.807, 2.05) is 27.7 Å². The number of hydrogen-bond donors (Lipinski definition) is 1. The lowest BCUT2D eigenvalue weighted by Gasteiger charge is -2.34. The van der Waals surface area contributed by atoms with Crippen molar-refractivity contribution in [1.29, 1.82) is 0 Å². The summed E-state index contributed by atoms with van der Waals surface area (Å²) in [7, 11) is 0. The Morgan fingerprint density at radius 1 is 0.950 bits per heavy atom. The molecule has 3 aliphatic rings. The van der Waals surface area contributed by atoms with E-state index in [0.717, 1.165) is 32.5 Å². The lowest BCUT2D eigenvalue weighted by molar-refractivity contribution is 0.0247. The molecule has 20 heavy (non-hydrogen) atoms. The molecule has 1 N–H and O–H groups in total. The molecule has 4 heteroatoms. The second-order valence-electron chi connectivity index (χ2n) is 6.10. The van der Waals surface area contributed by atoms with Gasteiger partial charge in [0.25, 0.3) is 5.92 Å². The van der Waals surface area contributed by atoms with Gasteiger partial charge in [0.2, 0.25) is 0 Å². The van der Waals surface area contributed by atoms with Crippen molar-refractivity contribution in [3.05, 3.63) is 0 Å². The summed E-state index contributed by atoms with van der Waals surface area (Å²) in [5.74, 6) is -2.38. The van der Waals surface area contributed by atoms with E-state index in [1.165, 1.54) is 0 Å². The Kier molecular flexibility index (Phi) is 5.97. The summed E-state index contributed by atoms with van der Waals surface area (Å²) in [6.07, 6.45) is 3.59. The fraction of sp³-hybridized carbons (Fsp3) is 1.00. The Bertz CT molecular complexity index is 295. The van der Waals surface area contributed by atoms with Crippen LogP contribution in [0.3, 0.4) is 0 Å². The van der Waals surface area contributed by atoms with Gasteiger partial charge in [0.15, 0.2) is 0 Å². The Morgan fingerprint density at radius 3 is 1.70 bits per heavy atom. The molecule has 2 nitrogen and oxygen atoms in total. The van der Waals surface area contributed by atoms with Gasteiger partial charge in [-0.15, -0.1) is 0 Å². The quantitative estimate of drug-likeness (QED) is 0.851. The number of likely N-dealkylation sites (tertiary alicyclic amines) is 1. The second kappa shape index (κ2) is 6.69. The van der Waals surface area contributed by atoms with Gasteiger partial charge in [0.1, 0.15) is 0 Å². The Morgan fingerprint density at radius 2 is 1.40 bits per heavy atom. The largest absolute Gasteiger partial charge is 0.396 e. The Labute approximate surface area is 122 Å². The van der Waals surface area contributed by atoms with Gasteiger partial charge in [-0.25, -0.2) is 8.78 Å². The first-order valence-corrected chi connectivity index (χ1v) is 8.22. The molecule has 3 rings (SSSR count). The lowest BCUT2D eigenvalue weighted by Crippen LogP contribution is -2.40. The van der Waals surface area contributed by atoms with Crippen molar-refractivity contribution < 1.29 is 13.9 Å². The first kappa shape index (κ1) is 17.8. The van der Waals surface area contributed by atoms with Crippen LogP contribution in [-0.2, 0) is 0 Å². The number of nitrogens with zero attached hydrogens (tertiary/aromatic N) is 1. The van der Waals surface area contributed by atoms with Crippen LogP contribution in [0.15, 0.2) is 0 Å². The summed E-state index contributed by atoms with van der Waals surface area (Å²) in [5.41, 5.74) is -0.518. The summed E-state index contributed by atoms with van der Waals surface area (Å²) in [6, 6.07) is 0. The van der Waals surface area contributed by atoms with E-state index < -0.39 is 11.3 Å². The van der Waals surface area contributed by atoms with E-state index in [-0.39, 0.29) is 18.4 Å². The Hall–Kier alpha value is -0.220. The molecule has 0 aromatic carbocycles. The van der Waals surface area contributed by atoms with Gasteiger partial charge in [-0.2, -0.15) is 0 Å². The summed E-state index contributed by atoms with van der Waals surface area (Å²) < 4.78 is 26.3. The Balaban J connectivity index is 0.000000461. The molecule has 2 aliphatic carbocycles. The molecule has 0 unspecified atom stereocenters. The van der Waals surface area contributed by atoms with Gasteiger partial charge in [-0.05, 0) is 38.8 Å². The second-order valence-corrected chi connectivity index (χ2v) is 6.10. The number of piperidine rings is 1. The van der Waals surface area contributed by atoms with Crippen molar-refractivity contribution in [2.75, 3.05) is 26.2 Å². The number of alkyl halides is 2. The zero-order valence-corrected chi connectivity index (χ0v) is 13.5. The molecule has 1 saturated heterocycles. The highest BCUT2D eigenvalue weighted by atomic mass is 19.3. The van der Waals surface area contributed by atoms with Crippen molar-refractivity contribution in [2.45, 2.75) is 65.7 Å². The third-order valence-electron chi connectivity index (χ3n) is 4.88. The van der Waals surface area contributed by atoms with E-state index in [2.05, 4.69) is 4.90 Å². The lowest BCUT2D eigenvalue weighted by atomic mass is 9.92. The fourth-order valence-corrected chi connectivity index (χ4v) is 3.08. The van der Waals surface area contributed by atoms with Crippen LogP contribution in [0.4, 0.5) is 8.78 Å². The van der Waals surface area contributed by atoms with Crippen molar-refractivity contribution >= 4 is 0 Å². The topological polar surface area (TPSA) is 23.5 Å². The van der Waals surface area contributed by atoms with E-state index in [9.17, 15) is 13.9 Å². The van der Waals surface area contributed by atoms with Gasteiger partial charge in [-0.3, -0.25) is 0 Å². The van der Waals surface area contributed by atoms with Crippen molar-refractivity contribution in [2.24, 2.45) is 10.8 Å². The van der Waals surface area contributed by atoms with Crippen LogP contribution in [0.2, 0.25) is 0 Å². The molecule has 1 aliphatic heterocycles. The van der Waals surface area contributed by atoms with Crippen LogP contribution < -0.4 is 0 Å². The molecule has 0 aromatic rings. The van der Waals surface area contributed by atoms with Gasteiger partial charge >= 0.3 is 0 Å². The minimum Gasteiger partial charge on any atom is -0.396 e. The highest BCUT2D eigenvalue weighted by Crippen LogP contribution is 2.66. The maximum absolute atomic E-state index is 13.2. The molecule has 0 atom stereocenters. The zero-order chi connectivity index (χ0) is 15.4. The molecule has 0 aromatic heterocycles. The molecule has 1 heterocycles. The molecular formula is C16H31F2NO. The number of halogens is 2. The smallest absolute Gasteiger partial charge is 0.254 e. The average Bonchev–Trinajstić information content (AvgIpc) is 3.35. The van der Waals surface area contributed by atoms with Crippen LogP contribution in [0.25, 0.3) is 0 Å². The van der Waals surface area contributed by atoms with Crippen LogP contribution in [-0.4, -0.2) is 42.2 Å². The van der Waals surface area contributed by atoms with Crippen molar-refractivity contribution in [3.63, 3.8) is 0 Å². The zero-order valence-electron chi connectivity index (χ0n) is 13.5. The van der Waals surface area contributed by atoms with E-state index in [4.69, 9.17) is 0 Å². The number of hydrogen-bond acceptors (Lipinski definition) is 2. The summed E-state index contributed by atoms with van der Waals surface area (Å²) in [6.45, 7) is 10.7. The van der Waals surface area contributed by atoms with Gasteiger partial charge < -0.3 is 10.0 Å². The van der Waals surface area contributed by atoms with Crippen LogP contribution in [0, 0.1) is 10.8 Å². The third kappa shape index (κ3) is 3.51. The maximum Gasteiger partial charge on any atom is 0.254 e. The van der Waals surface area contributed by atoms with E-state index in [0.29, 0.717) is 12.8 Å². The molecule has 0 radical (unpaired) electrons.